The van der Waals surface area contributed by atoms with Crippen LogP contribution in [0.5, 0.6) is 0 Å². The smallest absolute Gasteiger partial charge is 0.239 e. The lowest BCUT2D eigenvalue weighted by molar-refractivity contribution is -0.825. The van der Waals surface area contributed by atoms with Crippen molar-refractivity contribution in [3.8, 4) is 0 Å². The van der Waals surface area contributed by atoms with Crippen LogP contribution in [-0.2, 0) is 9.53 Å². The normalized spacial score (nSPS) is 11.2. The highest BCUT2D eigenvalue weighted by Gasteiger charge is 2.13. The van der Waals surface area contributed by atoms with E-state index in [1.54, 1.807) is 19.1 Å². The number of rotatable bonds is 8. The molecule has 0 bridgehead atoms. The van der Waals surface area contributed by atoms with Gasteiger partial charge in [0.2, 0.25) is 5.91 Å². The molecule has 0 heterocycles. The number of carbonyl (C=O) groups excluding carboxylic acids is 1. The highest BCUT2D eigenvalue weighted by atomic mass is 32.1. The Bertz CT molecular complexity index is 617. The molecule has 1 amide bonds. The van der Waals surface area contributed by atoms with Crippen molar-refractivity contribution in [2.75, 3.05) is 6.54 Å². The van der Waals surface area contributed by atoms with Crippen molar-refractivity contribution in [3.05, 3.63) is 48.6 Å². The molecule has 0 spiro atoms. The van der Waals surface area contributed by atoms with Crippen molar-refractivity contribution < 1.29 is 20.2 Å². The average Bonchev–Trinajstić information content (AvgIpc) is 2.70. The topological polar surface area (TPSA) is 66.4 Å². The molecular formula is C21H35N2O3S2+. The maximum Gasteiger partial charge on any atom is 0.239 e. The van der Waals surface area contributed by atoms with Crippen molar-refractivity contribution in [1.29, 1.82) is 0 Å². The van der Waals surface area contributed by atoms with Gasteiger partial charge in [0.05, 0.1) is 22.4 Å². The number of nitrogens with zero attached hydrogens (tertiary/aromatic N) is 1. The van der Waals surface area contributed by atoms with Gasteiger partial charge < -0.3 is 9.64 Å². The summed E-state index contributed by atoms with van der Waals surface area (Å²) in [6.07, 6.45) is 3.55. The fraction of sp³-hybridized carbons (Fsp3) is 0.429. The number of hydrogen-bond acceptors (Lipinski definition) is 5. The molecule has 158 valence electrons. The molecular weight excluding hydrogens is 392 g/mol. The Balaban J connectivity index is 0. The van der Waals surface area contributed by atoms with E-state index in [-0.39, 0.29) is 17.3 Å². The Morgan fingerprint density at radius 1 is 1.36 bits per heavy atom. The Morgan fingerprint density at radius 2 is 1.93 bits per heavy atom. The van der Waals surface area contributed by atoms with E-state index in [0.29, 0.717) is 12.3 Å². The number of allylic oxidation sites excluding steroid dienone is 2. The first-order valence-electron chi connectivity index (χ1n) is 9.32. The molecule has 0 aromatic heterocycles. The molecule has 1 aromatic rings. The summed E-state index contributed by atoms with van der Waals surface area (Å²) in [5, 5.41) is 8.87. The average molecular weight is 428 g/mol. The van der Waals surface area contributed by atoms with E-state index < -0.39 is 0 Å². The van der Waals surface area contributed by atoms with Crippen molar-refractivity contribution in [1.82, 2.24) is 4.90 Å². The van der Waals surface area contributed by atoms with E-state index >= 15 is 0 Å². The van der Waals surface area contributed by atoms with E-state index in [9.17, 15) is 4.79 Å². The molecule has 0 radical (unpaired) electrons. The largest absolute Gasteiger partial charge is 0.490 e. The van der Waals surface area contributed by atoms with Gasteiger partial charge in [-0.1, -0.05) is 50.9 Å². The number of quaternary nitrogens is 1. The Kier molecular flexibility index (Phi) is 17.8. The third kappa shape index (κ3) is 11.2. The minimum atomic E-state index is -0.265. The van der Waals surface area contributed by atoms with E-state index in [2.05, 4.69) is 31.4 Å². The standard InChI is InChI=1S/C13H17NO2.C6H11NOS2.C2H6/c1-4-7-13(16-10(2)3)11-8-5-6-9-12(11)14-15;1-3-7(4-9)6(8)5(2)10;1-2/h4-10,14-15H,1H2,2-3H3;4-5,10H,3H2,1-2H3;1-2H3/p+1/b13-7-;;. The summed E-state index contributed by atoms with van der Waals surface area (Å²) < 4.78 is 5.68. The Labute approximate surface area is 180 Å². The summed E-state index contributed by atoms with van der Waals surface area (Å²) in [4.78, 5) is 12.5. The van der Waals surface area contributed by atoms with Crippen LogP contribution in [0, 0.1) is 0 Å². The second-order valence-corrected chi connectivity index (χ2v) is 6.54. The molecule has 0 saturated heterocycles. The number of thiol groups is 1. The lowest BCUT2D eigenvalue weighted by Gasteiger charge is -2.15. The van der Waals surface area contributed by atoms with E-state index in [1.165, 1.54) is 10.4 Å². The van der Waals surface area contributed by atoms with Gasteiger partial charge in [-0.15, -0.1) is 0 Å². The second-order valence-electron chi connectivity index (χ2n) is 5.56. The Morgan fingerprint density at radius 3 is 2.29 bits per heavy atom. The van der Waals surface area contributed by atoms with Gasteiger partial charge in [0.1, 0.15) is 5.76 Å². The van der Waals surface area contributed by atoms with Gasteiger partial charge in [0, 0.05) is 12.6 Å². The van der Waals surface area contributed by atoms with Gasteiger partial charge >= 0.3 is 0 Å². The quantitative estimate of drug-likeness (QED) is 0.144. The molecule has 7 heteroatoms. The van der Waals surface area contributed by atoms with Gasteiger partial charge in [-0.05, 0) is 39.8 Å². The van der Waals surface area contributed by atoms with Gasteiger partial charge in [-0.2, -0.15) is 18.1 Å². The van der Waals surface area contributed by atoms with Crippen LogP contribution >= 0.6 is 24.8 Å². The molecule has 5 nitrogen and oxygen atoms in total. The number of hydrogen-bond donors (Lipinski definition) is 3. The van der Waals surface area contributed by atoms with Crippen LogP contribution in [0.25, 0.3) is 5.76 Å². The number of amides is 1. The molecule has 1 unspecified atom stereocenters. The molecule has 0 aliphatic carbocycles. The van der Waals surface area contributed by atoms with Gasteiger partial charge in [-0.25, -0.2) is 5.21 Å². The molecule has 0 saturated carbocycles. The molecule has 0 fully saturated rings. The van der Waals surface area contributed by atoms with Gasteiger partial charge in [0.15, 0.2) is 5.69 Å². The lowest BCUT2D eigenvalue weighted by Crippen LogP contribution is -2.74. The van der Waals surface area contributed by atoms with Crippen molar-refractivity contribution in [3.63, 3.8) is 0 Å². The summed E-state index contributed by atoms with van der Waals surface area (Å²) in [7, 11) is 0. The first kappa shape index (κ1) is 28.5. The zero-order chi connectivity index (χ0) is 22.1. The van der Waals surface area contributed by atoms with Crippen LogP contribution in [-0.4, -0.2) is 39.4 Å². The number of carbonyl (C=O) groups is 1. The van der Waals surface area contributed by atoms with Crippen molar-refractivity contribution >= 4 is 47.7 Å². The second kappa shape index (κ2) is 17.4. The molecule has 1 rings (SSSR count). The van der Waals surface area contributed by atoms with E-state index in [1.807, 2.05) is 58.9 Å². The van der Waals surface area contributed by atoms with Crippen LogP contribution in [0.3, 0.4) is 0 Å². The minimum Gasteiger partial charge on any atom is -0.490 e. The molecule has 1 atom stereocenters. The summed E-state index contributed by atoms with van der Waals surface area (Å²) >= 11 is 8.60. The zero-order valence-corrected chi connectivity index (χ0v) is 19.5. The highest BCUT2D eigenvalue weighted by molar-refractivity contribution is 7.81. The number of para-hydroxylation sites is 1. The number of ether oxygens (including phenoxy) is 1. The van der Waals surface area contributed by atoms with E-state index in [0.717, 1.165) is 16.7 Å². The molecule has 28 heavy (non-hydrogen) atoms. The van der Waals surface area contributed by atoms with Crippen LogP contribution in [0.2, 0.25) is 0 Å². The lowest BCUT2D eigenvalue weighted by atomic mass is 10.1. The third-order valence-electron chi connectivity index (χ3n) is 3.11. The SMILES string of the molecule is C=C/C=C(\OC(C)C)c1ccccc1[NH2+]O.CC.CCN(C=S)C(=O)C(C)S. The fourth-order valence-corrected chi connectivity index (χ4v) is 2.31. The minimum absolute atomic E-state index is 0.0409. The van der Waals surface area contributed by atoms with Crippen LogP contribution in [0.4, 0.5) is 5.69 Å². The third-order valence-corrected chi connectivity index (χ3v) is 3.58. The zero-order valence-electron chi connectivity index (χ0n) is 17.8. The fourth-order valence-electron chi connectivity index (χ4n) is 1.91. The molecule has 0 aliphatic rings. The van der Waals surface area contributed by atoms with Crippen LogP contribution in [0.15, 0.2) is 43.0 Å². The first-order valence-corrected chi connectivity index (χ1v) is 10.3. The van der Waals surface area contributed by atoms with Crippen LogP contribution < -0.4 is 5.48 Å². The van der Waals surface area contributed by atoms with Gasteiger partial charge in [0.25, 0.3) is 0 Å². The van der Waals surface area contributed by atoms with E-state index in [4.69, 9.17) is 9.94 Å². The summed E-state index contributed by atoms with van der Waals surface area (Å²) in [6.45, 7) is 15.8. The molecule has 1 aromatic carbocycles. The summed E-state index contributed by atoms with van der Waals surface area (Å²) in [5.41, 5.74) is 4.03. The van der Waals surface area contributed by atoms with Gasteiger partial charge in [-0.3, -0.25) is 4.79 Å². The number of benzene rings is 1. The number of nitrogens with two attached hydrogens (primary N) is 1. The number of thiocarbonyl (C=S) groups is 1. The molecule has 3 N–H and O–H groups in total. The molecule has 0 aliphatic heterocycles. The summed E-state index contributed by atoms with van der Waals surface area (Å²) in [5.74, 6) is 0.673. The first-order chi connectivity index (χ1) is 13.3. The highest BCUT2D eigenvalue weighted by Crippen LogP contribution is 2.22. The Hall–Kier alpha value is -1.67. The predicted octanol–water partition coefficient (Wildman–Crippen LogP) is 4.36. The monoisotopic (exact) mass is 427 g/mol. The maximum absolute atomic E-state index is 11.1. The van der Waals surface area contributed by atoms with Crippen LogP contribution in [0.1, 0.15) is 47.1 Å². The van der Waals surface area contributed by atoms with Crippen molar-refractivity contribution in [2.24, 2.45) is 0 Å². The summed E-state index contributed by atoms with van der Waals surface area (Å²) in [6, 6.07) is 7.51. The van der Waals surface area contributed by atoms with Crippen molar-refractivity contribution in [2.45, 2.75) is 52.9 Å². The predicted molar refractivity (Wildman–Crippen MR) is 125 cm³/mol. The maximum atomic E-state index is 11.1.